The number of halogens is 3. The van der Waals surface area contributed by atoms with Crippen molar-refractivity contribution in [1.82, 2.24) is 4.90 Å². The fourth-order valence-electron chi connectivity index (χ4n) is 3.32. The van der Waals surface area contributed by atoms with E-state index in [9.17, 15) is 8.78 Å². The lowest BCUT2D eigenvalue weighted by molar-refractivity contribution is 0.246. The Hall–Kier alpha value is -1.49. The molecule has 1 fully saturated rings. The van der Waals surface area contributed by atoms with E-state index in [1.165, 1.54) is 23.8 Å². The van der Waals surface area contributed by atoms with Crippen LogP contribution in [-0.4, -0.2) is 24.0 Å². The van der Waals surface area contributed by atoms with Crippen molar-refractivity contribution < 1.29 is 8.78 Å². The summed E-state index contributed by atoms with van der Waals surface area (Å²) < 4.78 is 27.9. The molecule has 0 saturated carbocycles. The topological polar surface area (TPSA) is 29.3 Å². The van der Waals surface area contributed by atoms with E-state index in [1.807, 2.05) is 25.1 Å². The molecule has 3 rings (SSSR count). The van der Waals surface area contributed by atoms with E-state index in [2.05, 4.69) is 17.0 Å². The molecule has 1 heterocycles. The predicted molar refractivity (Wildman–Crippen MR) is 90.8 cm³/mol. The first-order valence-corrected chi connectivity index (χ1v) is 7.56. The van der Waals surface area contributed by atoms with Gasteiger partial charge in [0, 0.05) is 36.7 Å². The van der Waals surface area contributed by atoms with Crippen LogP contribution in [-0.2, 0) is 0 Å². The zero-order valence-electron chi connectivity index (χ0n) is 13.0. The van der Waals surface area contributed by atoms with Gasteiger partial charge in [0.25, 0.3) is 0 Å². The van der Waals surface area contributed by atoms with E-state index in [4.69, 9.17) is 5.73 Å². The van der Waals surface area contributed by atoms with Gasteiger partial charge in [0.15, 0.2) is 0 Å². The van der Waals surface area contributed by atoms with Gasteiger partial charge in [-0.2, -0.15) is 0 Å². The molecule has 0 radical (unpaired) electrons. The third-order valence-corrected chi connectivity index (χ3v) is 4.59. The minimum atomic E-state index is -0.496. The Kier molecular flexibility index (Phi) is 5.74. The second-order valence-electron chi connectivity index (χ2n) is 5.95. The molecular weight excluding hydrogens is 318 g/mol. The zero-order chi connectivity index (χ0) is 15.7. The molecular formula is C18H21ClF2N2. The number of benzene rings is 2. The normalized spacial score (nSPS) is 22.6. The van der Waals surface area contributed by atoms with Crippen molar-refractivity contribution in [3.8, 4) is 0 Å². The standard InChI is InChI=1S/C18H20F2N2.ClH/c1-12(18-15(19)8-5-9-16(18)20)22-10-14(17(21)11-22)13-6-3-2-4-7-13;/h2-9,12,14,17H,10-11,21H2,1H3;1H/t12?,14-,17+;/m0./s1. The quantitative estimate of drug-likeness (QED) is 0.920. The van der Waals surface area contributed by atoms with Gasteiger partial charge in [-0.3, -0.25) is 4.90 Å². The second kappa shape index (κ2) is 7.39. The van der Waals surface area contributed by atoms with Crippen molar-refractivity contribution in [2.75, 3.05) is 13.1 Å². The van der Waals surface area contributed by atoms with Crippen LogP contribution < -0.4 is 5.73 Å². The highest BCUT2D eigenvalue weighted by Crippen LogP contribution is 2.34. The van der Waals surface area contributed by atoms with Gasteiger partial charge in [-0.15, -0.1) is 12.4 Å². The van der Waals surface area contributed by atoms with Gasteiger partial charge < -0.3 is 5.73 Å². The van der Waals surface area contributed by atoms with E-state index in [1.54, 1.807) is 0 Å². The Morgan fingerprint density at radius 1 is 1.00 bits per heavy atom. The zero-order valence-corrected chi connectivity index (χ0v) is 13.8. The van der Waals surface area contributed by atoms with Crippen molar-refractivity contribution in [3.05, 3.63) is 71.3 Å². The van der Waals surface area contributed by atoms with Gasteiger partial charge >= 0.3 is 0 Å². The SMILES string of the molecule is CC(c1c(F)cccc1F)N1C[C@@H](N)[C@H](c2ccccc2)C1.Cl. The number of nitrogens with two attached hydrogens (primary N) is 1. The largest absolute Gasteiger partial charge is 0.326 e. The molecule has 0 amide bonds. The molecule has 0 aromatic heterocycles. The highest BCUT2D eigenvalue weighted by atomic mass is 35.5. The molecule has 1 aliphatic rings. The third kappa shape index (κ3) is 3.55. The summed E-state index contributed by atoms with van der Waals surface area (Å²) in [7, 11) is 0. The average Bonchev–Trinajstić information content (AvgIpc) is 2.90. The van der Waals surface area contributed by atoms with Crippen LogP contribution in [0.4, 0.5) is 8.78 Å². The summed E-state index contributed by atoms with van der Waals surface area (Å²) in [6.45, 7) is 3.18. The van der Waals surface area contributed by atoms with Crippen molar-refractivity contribution in [3.63, 3.8) is 0 Å². The Labute approximate surface area is 141 Å². The van der Waals surface area contributed by atoms with E-state index >= 15 is 0 Å². The fraction of sp³-hybridized carbons (Fsp3) is 0.333. The maximum Gasteiger partial charge on any atom is 0.130 e. The van der Waals surface area contributed by atoms with Gasteiger partial charge in [-0.25, -0.2) is 8.78 Å². The van der Waals surface area contributed by atoms with Crippen LogP contribution in [0.15, 0.2) is 48.5 Å². The van der Waals surface area contributed by atoms with Gasteiger partial charge in [-0.1, -0.05) is 36.4 Å². The Balaban J connectivity index is 0.00000192. The molecule has 2 nitrogen and oxygen atoms in total. The van der Waals surface area contributed by atoms with E-state index < -0.39 is 11.6 Å². The lowest BCUT2D eigenvalue weighted by Crippen LogP contribution is -2.30. The van der Waals surface area contributed by atoms with E-state index in [0.29, 0.717) is 13.1 Å². The molecule has 23 heavy (non-hydrogen) atoms. The minimum Gasteiger partial charge on any atom is -0.326 e. The molecule has 0 spiro atoms. The smallest absolute Gasteiger partial charge is 0.130 e. The molecule has 1 saturated heterocycles. The number of nitrogens with zero attached hydrogens (tertiary/aromatic N) is 1. The highest BCUT2D eigenvalue weighted by molar-refractivity contribution is 5.85. The average molecular weight is 339 g/mol. The van der Waals surface area contributed by atoms with E-state index in [-0.39, 0.29) is 36.0 Å². The number of hydrogen-bond acceptors (Lipinski definition) is 2. The van der Waals surface area contributed by atoms with Gasteiger partial charge in [0.1, 0.15) is 11.6 Å². The van der Waals surface area contributed by atoms with Gasteiger partial charge in [0.2, 0.25) is 0 Å². The Bertz CT molecular complexity index is 630. The van der Waals surface area contributed by atoms with Crippen LogP contribution >= 0.6 is 12.4 Å². The van der Waals surface area contributed by atoms with Crippen molar-refractivity contribution in [2.45, 2.75) is 24.9 Å². The molecule has 0 bridgehead atoms. The van der Waals surface area contributed by atoms with Crippen LogP contribution in [0.5, 0.6) is 0 Å². The summed E-state index contributed by atoms with van der Waals surface area (Å²) in [6, 6.07) is 13.7. The summed E-state index contributed by atoms with van der Waals surface area (Å²) in [5.41, 5.74) is 7.57. The summed E-state index contributed by atoms with van der Waals surface area (Å²) in [4.78, 5) is 2.06. The monoisotopic (exact) mass is 338 g/mol. The molecule has 0 aliphatic carbocycles. The molecule has 5 heteroatoms. The fourth-order valence-corrected chi connectivity index (χ4v) is 3.32. The first-order valence-electron chi connectivity index (χ1n) is 7.56. The first-order chi connectivity index (χ1) is 10.6. The first kappa shape index (κ1) is 17.9. The summed E-state index contributed by atoms with van der Waals surface area (Å²) in [5.74, 6) is -0.799. The minimum absolute atomic E-state index is 0. The maximum atomic E-state index is 14.0. The van der Waals surface area contributed by atoms with Gasteiger partial charge in [0.05, 0.1) is 0 Å². The van der Waals surface area contributed by atoms with E-state index in [0.717, 1.165) is 0 Å². The maximum absolute atomic E-state index is 14.0. The lowest BCUT2D eigenvalue weighted by Gasteiger charge is -2.25. The molecule has 1 unspecified atom stereocenters. The molecule has 2 aromatic carbocycles. The third-order valence-electron chi connectivity index (χ3n) is 4.59. The van der Waals surface area contributed by atoms with Gasteiger partial charge in [-0.05, 0) is 24.6 Å². The van der Waals surface area contributed by atoms with Crippen molar-refractivity contribution in [2.24, 2.45) is 5.73 Å². The summed E-state index contributed by atoms with van der Waals surface area (Å²) in [5, 5.41) is 0. The van der Waals surface area contributed by atoms with Crippen LogP contribution in [0.25, 0.3) is 0 Å². The number of rotatable bonds is 3. The van der Waals surface area contributed by atoms with Crippen LogP contribution in [0, 0.1) is 11.6 Å². The van der Waals surface area contributed by atoms with Crippen molar-refractivity contribution >= 4 is 12.4 Å². The van der Waals surface area contributed by atoms with Crippen LogP contribution in [0.2, 0.25) is 0 Å². The summed E-state index contributed by atoms with van der Waals surface area (Å²) >= 11 is 0. The molecule has 2 aromatic rings. The molecule has 2 N–H and O–H groups in total. The molecule has 1 aliphatic heterocycles. The van der Waals surface area contributed by atoms with Crippen molar-refractivity contribution in [1.29, 1.82) is 0 Å². The second-order valence-corrected chi connectivity index (χ2v) is 5.95. The number of likely N-dealkylation sites (tertiary alicyclic amines) is 1. The Morgan fingerprint density at radius 2 is 1.61 bits per heavy atom. The predicted octanol–water partition coefficient (Wildman–Crippen LogP) is 3.87. The molecule has 3 atom stereocenters. The van der Waals surface area contributed by atoms with Crippen LogP contribution in [0.1, 0.15) is 30.0 Å². The number of hydrogen-bond donors (Lipinski definition) is 1. The Morgan fingerprint density at radius 3 is 2.22 bits per heavy atom. The highest BCUT2D eigenvalue weighted by Gasteiger charge is 2.35. The molecule has 124 valence electrons. The lowest BCUT2D eigenvalue weighted by atomic mass is 9.95. The summed E-state index contributed by atoms with van der Waals surface area (Å²) in [6.07, 6.45) is 0. The van der Waals surface area contributed by atoms with Crippen LogP contribution in [0.3, 0.4) is 0 Å².